The van der Waals surface area contributed by atoms with Crippen LogP contribution in [0, 0.1) is 0 Å². The summed E-state index contributed by atoms with van der Waals surface area (Å²) in [6.45, 7) is 2.23. The van der Waals surface area contributed by atoms with Crippen LogP contribution in [-0.4, -0.2) is 5.91 Å². The summed E-state index contributed by atoms with van der Waals surface area (Å²) in [6, 6.07) is 7.69. The lowest BCUT2D eigenvalue weighted by Crippen LogP contribution is -2.12. The van der Waals surface area contributed by atoms with Crippen molar-refractivity contribution in [2.45, 2.75) is 64.2 Å². The van der Waals surface area contributed by atoms with Crippen molar-refractivity contribution in [2.75, 3.05) is 5.32 Å². The topological polar surface area (TPSA) is 29.1 Å². The third-order valence-electron chi connectivity index (χ3n) is 3.44. The quantitative estimate of drug-likeness (QED) is 0.448. The van der Waals surface area contributed by atoms with Crippen LogP contribution in [0.1, 0.15) is 63.9 Å². The maximum atomic E-state index is 11.9. The molecule has 0 fully saturated rings. The maximum absolute atomic E-state index is 11.9. The van der Waals surface area contributed by atoms with Gasteiger partial charge in [0, 0.05) is 18.0 Å². The first-order chi connectivity index (χ1) is 9.77. The van der Waals surface area contributed by atoms with Crippen LogP contribution < -0.4 is 5.32 Å². The fraction of sp³-hybridized carbons (Fsp3) is 0.588. The molecule has 2 nitrogen and oxygen atoms in total. The normalized spacial score (nSPS) is 10.5. The molecule has 0 atom stereocenters. The molecule has 0 saturated carbocycles. The van der Waals surface area contributed by atoms with Gasteiger partial charge in [-0.25, -0.2) is 0 Å². The van der Waals surface area contributed by atoms with E-state index in [9.17, 15) is 4.79 Å². The van der Waals surface area contributed by atoms with Crippen molar-refractivity contribution in [3.8, 4) is 0 Å². The Kier molecular flexibility index (Phi) is 9.14. The van der Waals surface area contributed by atoms with Gasteiger partial charge in [0.1, 0.15) is 0 Å². The maximum Gasteiger partial charge on any atom is 0.224 e. The highest BCUT2D eigenvalue weighted by atomic mass is 35.5. The summed E-state index contributed by atoms with van der Waals surface area (Å²) in [5.74, 6) is 0.518. The third kappa shape index (κ3) is 6.95. The summed E-state index contributed by atoms with van der Waals surface area (Å²) in [4.78, 5) is 11.9. The lowest BCUT2D eigenvalue weighted by atomic mass is 10.1. The first kappa shape index (κ1) is 17.0. The Morgan fingerprint density at radius 1 is 1.05 bits per heavy atom. The molecule has 0 unspecified atom stereocenters. The van der Waals surface area contributed by atoms with Gasteiger partial charge in [0.05, 0.1) is 0 Å². The minimum absolute atomic E-state index is 0.0936. The van der Waals surface area contributed by atoms with Gasteiger partial charge in [0.2, 0.25) is 5.91 Å². The summed E-state index contributed by atoms with van der Waals surface area (Å²) >= 11 is 5.85. The van der Waals surface area contributed by atoms with Crippen LogP contribution in [0.5, 0.6) is 0 Å². The molecule has 0 bridgehead atoms. The van der Waals surface area contributed by atoms with Crippen molar-refractivity contribution in [2.24, 2.45) is 0 Å². The molecule has 0 aliphatic rings. The predicted molar refractivity (Wildman–Crippen MR) is 87.2 cm³/mol. The first-order valence-electron chi connectivity index (χ1n) is 7.71. The summed E-state index contributed by atoms with van der Waals surface area (Å²) in [5, 5.41) is 2.95. The Morgan fingerprint density at radius 3 is 2.40 bits per heavy atom. The van der Waals surface area contributed by atoms with Crippen LogP contribution in [0.25, 0.3) is 0 Å². The minimum Gasteiger partial charge on any atom is -0.326 e. The SMILES string of the molecule is CCCCCCCCCC(=O)Nc1ccccc1CCl. The van der Waals surface area contributed by atoms with Crippen molar-refractivity contribution < 1.29 is 4.79 Å². The van der Waals surface area contributed by atoms with Crippen molar-refractivity contribution in [3.63, 3.8) is 0 Å². The van der Waals surface area contributed by atoms with Gasteiger partial charge < -0.3 is 5.32 Å². The molecule has 3 heteroatoms. The van der Waals surface area contributed by atoms with Gasteiger partial charge in [0.25, 0.3) is 0 Å². The zero-order chi connectivity index (χ0) is 14.6. The Balaban J connectivity index is 2.17. The zero-order valence-corrected chi connectivity index (χ0v) is 13.2. The van der Waals surface area contributed by atoms with Crippen LogP contribution in [0.4, 0.5) is 5.69 Å². The van der Waals surface area contributed by atoms with Gasteiger partial charge in [-0.1, -0.05) is 63.6 Å². The molecule has 0 radical (unpaired) electrons. The van der Waals surface area contributed by atoms with E-state index in [4.69, 9.17) is 11.6 Å². The highest BCUT2D eigenvalue weighted by Gasteiger charge is 2.05. The number of anilines is 1. The summed E-state index contributed by atoms with van der Waals surface area (Å²) in [7, 11) is 0. The third-order valence-corrected chi connectivity index (χ3v) is 3.73. The van der Waals surface area contributed by atoms with Crippen LogP contribution in [0.3, 0.4) is 0 Å². The second-order valence-corrected chi connectivity index (χ2v) is 5.48. The molecule has 0 heterocycles. The number of carbonyl (C=O) groups is 1. The van der Waals surface area contributed by atoms with Crippen molar-refractivity contribution >= 4 is 23.2 Å². The van der Waals surface area contributed by atoms with Crippen LogP contribution in [0.15, 0.2) is 24.3 Å². The molecule has 0 aromatic heterocycles. The smallest absolute Gasteiger partial charge is 0.224 e. The number of halogens is 1. The first-order valence-corrected chi connectivity index (χ1v) is 8.25. The average Bonchev–Trinajstić information content (AvgIpc) is 2.47. The standard InChI is InChI=1S/C17H26ClNO/c1-2-3-4-5-6-7-8-13-17(20)19-16-12-10-9-11-15(16)14-18/h9-12H,2-8,13-14H2,1H3,(H,19,20). The van der Waals surface area contributed by atoms with E-state index in [-0.39, 0.29) is 5.91 Å². The molecule has 1 aromatic rings. The molecule has 112 valence electrons. The van der Waals surface area contributed by atoms with E-state index in [1.54, 1.807) is 0 Å². The highest BCUT2D eigenvalue weighted by Crippen LogP contribution is 2.17. The minimum atomic E-state index is 0.0936. The van der Waals surface area contributed by atoms with Gasteiger partial charge in [-0.15, -0.1) is 11.6 Å². The second-order valence-electron chi connectivity index (χ2n) is 5.21. The number of benzene rings is 1. The number of hydrogen-bond acceptors (Lipinski definition) is 1. The van der Waals surface area contributed by atoms with Crippen LogP contribution >= 0.6 is 11.6 Å². The fourth-order valence-electron chi connectivity index (χ4n) is 2.21. The molecule has 1 amide bonds. The fourth-order valence-corrected chi connectivity index (χ4v) is 2.45. The van der Waals surface area contributed by atoms with Gasteiger partial charge in [-0.3, -0.25) is 4.79 Å². The summed E-state index contributed by atoms with van der Waals surface area (Å²) in [6.07, 6.45) is 9.19. The molecule has 20 heavy (non-hydrogen) atoms. The summed E-state index contributed by atoms with van der Waals surface area (Å²) in [5.41, 5.74) is 1.82. The Hall–Kier alpha value is -1.02. The van der Waals surface area contributed by atoms with E-state index in [0.29, 0.717) is 12.3 Å². The zero-order valence-electron chi connectivity index (χ0n) is 12.5. The van der Waals surface area contributed by atoms with E-state index >= 15 is 0 Å². The monoisotopic (exact) mass is 295 g/mol. The number of nitrogens with one attached hydrogen (secondary N) is 1. The lowest BCUT2D eigenvalue weighted by Gasteiger charge is -2.09. The van der Waals surface area contributed by atoms with Gasteiger partial charge in [0.15, 0.2) is 0 Å². The van der Waals surface area contributed by atoms with Gasteiger partial charge >= 0.3 is 0 Å². The van der Waals surface area contributed by atoms with E-state index in [1.165, 1.54) is 32.1 Å². The molecule has 1 aromatic carbocycles. The summed E-state index contributed by atoms with van der Waals surface area (Å²) < 4.78 is 0. The average molecular weight is 296 g/mol. The van der Waals surface area contributed by atoms with E-state index in [2.05, 4.69) is 12.2 Å². The molecule has 0 spiro atoms. The molecular weight excluding hydrogens is 270 g/mol. The van der Waals surface area contributed by atoms with E-state index in [1.807, 2.05) is 24.3 Å². The molecule has 0 aliphatic heterocycles. The molecule has 0 aliphatic carbocycles. The van der Waals surface area contributed by atoms with Gasteiger partial charge in [-0.2, -0.15) is 0 Å². The van der Waals surface area contributed by atoms with Crippen molar-refractivity contribution in [3.05, 3.63) is 29.8 Å². The van der Waals surface area contributed by atoms with Crippen LogP contribution in [-0.2, 0) is 10.7 Å². The number of hydrogen-bond donors (Lipinski definition) is 1. The van der Waals surface area contributed by atoms with E-state index < -0.39 is 0 Å². The lowest BCUT2D eigenvalue weighted by molar-refractivity contribution is -0.116. The molecule has 0 saturated heterocycles. The van der Waals surface area contributed by atoms with Crippen molar-refractivity contribution in [1.82, 2.24) is 0 Å². The number of amides is 1. The number of alkyl halides is 1. The molecule has 1 rings (SSSR count). The Morgan fingerprint density at radius 2 is 1.70 bits per heavy atom. The van der Waals surface area contributed by atoms with Gasteiger partial charge in [-0.05, 0) is 18.1 Å². The Bertz CT molecular complexity index is 392. The van der Waals surface area contributed by atoms with E-state index in [0.717, 1.165) is 24.1 Å². The molecule has 1 N–H and O–H groups in total. The Labute approximate surface area is 127 Å². The second kappa shape index (κ2) is 10.7. The number of unbranched alkanes of at least 4 members (excludes halogenated alkanes) is 6. The number of para-hydroxylation sites is 1. The largest absolute Gasteiger partial charge is 0.326 e. The molecular formula is C17H26ClNO. The van der Waals surface area contributed by atoms with Crippen LogP contribution in [0.2, 0.25) is 0 Å². The number of carbonyl (C=O) groups excluding carboxylic acids is 1. The number of rotatable bonds is 10. The van der Waals surface area contributed by atoms with Crippen molar-refractivity contribution in [1.29, 1.82) is 0 Å². The predicted octanol–water partition coefficient (Wildman–Crippen LogP) is 5.50. The highest BCUT2D eigenvalue weighted by molar-refractivity contribution is 6.17.